The van der Waals surface area contributed by atoms with Crippen LogP contribution in [0.1, 0.15) is 20.3 Å². The Hall–Kier alpha value is -2.61. The number of carbonyl (C=O) groups excluding carboxylic acids is 1. The van der Waals surface area contributed by atoms with Crippen LogP contribution in [0.3, 0.4) is 0 Å². The molecule has 1 aliphatic rings. The summed E-state index contributed by atoms with van der Waals surface area (Å²) in [4.78, 5) is 23.5. The zero-order valence-electron chi connectivity index (χ0n) is 14.5. The minimum atomic E-state index is -3.78. The number of carboxylic acids is 1. The molecule has 3 rings (SSSR count). The van der Waals surface area contributed by atoms with Gasteiger partial charge >= 0.3 is 5.97 Å². The summed E-state index contributed by atoms with van der Waals surface area (Å²) in [6.07, 6.45) is 0.247. The molecule has 0 unspecified atom stereocenters. The lowest BCUT2D eigenvalue weighted by Gasteiger charge is -2.21. The molecule has 0 saturated heterocycles. The van der Waals surface area contributed by atoms with Gasteiger partial charge in [0.05, 0.1) is 16.0 Å². The first kappa shape index (κ1) is 18.2. The molecule has 0 radical (unpaired) electrons. The highest BCUT2D eigenvalue weighted by molar-refractivity contribution is 7.93. The number of hydrogen-bond acceptors (Lipinski definition) is 4. The molecule has 1 amide bonds. The van der Waals surface area contributed by atoms with E-state index in [0.29, 0.717) is 11.1 Å². The Bertz CT molecular complexity index is 993. The van der Waals surface area contributed by atoms with Crippen molar-refractivity contribution in [3.8, 4) is 0 Å². The Kier molecular flexibility index (Phi) is 4.39. The van der Waals surface area contributed by atoms with Crippen molar-refractivity contribution in [2.24, 2.45) is 5.41 Å². The molecular formula is C18H20N2O5S. The minimum Gasteiger partial charge on any atom is -0.481 e. The van der Waals surface area contributed by atoms with E-state index in [-0.39, 0.29) is 24.4 Å². The second-order valence-electron chi connectivity index (χ2n) is 6.93. The van der Waals surface area contributed by atoms with Crippen LogP contribution in [0, 0.1) is 5.41 Å². The zero-order valence-corrected chi connectivity index (χ0v) is 15.3. The van der Waals surface area contributed by atoms with Gasteiger partial charge in [0.2, 0.25) is 5.91 Å². The number of carboxylic acid groups (broad SMARTS) is 1. The van der Waals surface area contributed by atoms with Crippen molar-refractivity contribution in [2.75, 3.05) is 17.4 Å². The van der Waals surface area contributed by atoms with Crippen molar-refractivity contribution in [1.82, 2.24) is 5.32 Å². The summed E-state index contributed by atoms with van der Waals surface area (Å²) in [5, 5.41) is 13.1. The van der Waals surface area contributed by atoms with Crippen LogP contribution in [0.4, 0.5) is 5.69 Å². The van der Waals surface area contributed by atoms with Gasteiger partial charge in [-0.2, -0.15) is 0 Å². The van der Waals surface area contributed by atoms with Crippen LogP contribution >= 0.6 is 0 Å². The van der Waals surface area contributed by atoms with E-state index in [1.54, 1.807) is 32.0 Å². The SMILES string of the molecule is CC(C)(CCNC(=O)CN1c2cccc3cccc(c23)S1(=O)=O)C(=O)O. The molecule has 1 heterocycles. The largest absolute Gasteiger partial charge is 0.481 e. The van der Waals surface area contributed by atoms with E-state index in [4.69, 9.17) is 5.11 Å². The van der Waals surface area contributed by atoms with E-state index in [1.165, 1.54) is 6.07 Å². The molecule has 7 nitrogen and oxygen atoms in total. The first-order valence-electron chi connectivity index (χ1n) is 8.19. The van der Waals surface area contributed by atoms with Gasteiger partial charge in [-0.05, 0) is 37.8 Å². The van der Waals surface area contributed by atoms with E-state index in [1.807, 2.05) is 12.1 Å². The molecule has 8 heteroatoms. The van der Waals surface area contributed by atoms with Crippen molar-refractivity contribution in [2.45, 2.75) is 25.2 Å². The van der Waals surface area contributed by atoms with Gasteiger partial charge in [0.15, 0.2) is 0 Å². The topological polar surface area (TPSA) is 104 Å². The maximum atomic E-state index is 12.8. The molecule has 2 N–H and O–H groups in total. The summed E-state index contributed by atoms with van der Waals surface area (Å²) in [7, 11) is -3.78. The second kappa shape index (κ2) is 6.28. The summed E-state index contributed by atoms with van der Waals surface area (Å²) in [5.74, 6) is -1.42. The normalized spacial score (nSPS) is 15.2. The Morgan fingerprint density at radius 1 is 1.15 bits per heavy atom. The predicted molar refractivity (Wildman–Crippen MR) is 97.5 cm³/mol. The van der Waals surface area contributed by atoms with E-state index >= 15 is 0 Å². The first-order chi connectivity index (χ1) is 12.1. The van der Waals surface area contributed by atoms with Crippen LogP contribution in [0.25, 0.3) is 10.8 Å². The van der Waals surface area contributed by atoms with Crippen molar-refractivity contribution in [1.29, 1.82) is 0 Å². The van der Waals surface area contributed by atoms with Crippen LogP contribution < -0.4 is 9.62 Å². The van der Waals surface area contributed by atoms with Crippen LogP contribution in [0.5, 0.6) is 0 Å². The number of amides is 1. The summed E-state index contributed by atoms with van der Waals surface area (Å²) >= 11 is 0. The van der Waals surface area contributed by atoms with Crippen LogP contribution in [-0.4, -0.2) is 38.5 Å². The maximum absolute atomic E-state index is 12.8. The molecular weight excluding hydrogens is 356 g/mol. The summed E-state index contributed by atoms with van der Waals surface area (Å²) in [5.41, 5.74) is -0.478. The Morgan fingerprint density at radius 2 is 1.81 bits per heavy atom. The summed E-state index contributed by atoms with van der Waals surface area (Å²) < 4.78 is 26.7. The summed E-state index contributed by atoms with van der Waals surface area (Å²) in [6.45, 7) is 2.96. The number of hydrogen-bond donors (Lipinski definition) is 2. The van der Waals surface area contributed by atoms with Gasteiger partial charge < -0.3 is 10.4 Å². The number of anilines is 1. The maximum Gasteiger partial charge on any atom is 0.309 e. The third-order valence-corrected chi connectivity index (χ3v) is 6.42. The lowest BCUT2D eigenvalue weighted by atomic mass is 9.90. The number of aliphatic carboxylic acids is 1. The molecule has 26 heavy (non-hydrogen) atoms. The van der Waals surface area contributed by atoms with E-state index in [2.05, 4.69) is 5.32 Å². The van der Waals surface area contributed by atoms with Gasteiger partial charge in [-0.3, -0.25) is 13.9 Å². The van der Waals surface area contributed by atoms with Crippen molar-refractivity contribution in [3.63, 3.8) is 0 Å². The number of carbonyl (C=O) groups is 2. The van der Waals surface area contributed by atoms with Gasteiger partial charge in [0.25, 0.3) is 10.0 Å². The zero-order chi connectivity index (χ0) is 19.1. The number of benzene rings is 2. The van der Waals surface area contributed by atoms with Gasteiger partial charge in [-0.15, -0.1) is 0 Å². The van der Waals surface area contributed by atoms with E-state index in [9.17, 15) is 18.0 Å². The van der Waals surface area contributed by atoms with Gasteiger partial charge in [-0.1, -0.05) is 24.3 Å². The van der Waals surface area contributed by atoms with Crippen molar-refractivity contribution in [3.05, 3.63) is 36.4 Å². The monoisotopic (exact) mass is 376 g/mol. The van der Waals surface area contributed by atoms with Crippen LogP contribution in [0.15, 0.2) is 41.3 Å². The number of sulfonamides is 1. The molecule has 1 aliphatic heterocycles. The fourth-order valence-corrected chi connectivity index (χ4v) is 4.60. The lowest BCUT2D eigenvalue weighted by Crippen LogP contribution is -2.40. The second-order valence-corrected chi connectivity index (χ2v) is 8.76. The van der Waals surface area contributed by atoms with Crippen LogP contribution in [0.2, 0.25) is 0 Å². The van der Waals surface area contributed by atoms with E-state index in [0.717, 1.165) is 9.69 Å². The van der Waals surface area contributed by atoms with Crippen molar-refractivity contribution < 1.29 is 23.1 Å². The fourth-order valence-electron chi connectivity index (χ4n) is 2.94. The molecule has 0 aromatic heterocycles. The van der Waals surface area contributed by atoms with E-state index < -0.39 is 27.3 Å². The third-order valence-electron chi connectivity index (χ3n) is 4.62. The van der Waals surface area contributed by atoms with Gasteiger partial charge in [0, 0.05) is 11.9 Å². The standard InChI is InChI=1S/C18H20N2O5S/c1-18(2,17(22)23)9-10-19-15(21)11-20-13-7-3-5-12-6-4-8-14(16(12)13)26(20,24)25/h3-8H,9-11H2,1-2H3,(H,19,21)(H,22,23). The molecule has 0 bridgehead atoms. The predicted octanol–water partition coefficient (Wildman–Crippen LogP) is 1.97. The molecule has 0 fully saturated rings. The Labute approximate surface area is 151 Å². The molecule has 0 aliphatic carbocycles. The number of nitrogens with zero attached hydrogens (tertiary/aromatic N) is 1. The molecule has 0 atom stereocenters. The lowest BCUT2D eigenvalue weighted by molar-refractivity contribution is -0.147. The number of rotatable bonds is 6. The third kappa shape index (κ3) is 3.01. The highest BCUT2D eigenvalue weighted by Crippen LogP contribution is 2.41. The highest BCUT2D eigenvalue weighted by Gasteiger charge is 2.36. The average Bonchev–Trinajstić information content (AvgIpc) is 2.78. The molecule has 0 saturated carbocycles. The molecule has 2 aromatic rings. The minimum absolute atomic E-state index is 0.156. The van der Waals surface area contributed by atoms with Gasteiger partial charge in [-0.25, -0.2) is 8.42 Å². The Morgan fingerprint density at radius 3 is 2.46 bits per heavy atom. The highest BCUT2D eigenvalue weighted by atomic mass is 32.2. The number of nitrogens with one attached hydrogen (secondary N) is 1. The first-order valence-corrected chi connectivity index (χ1v) is 9.63. The van der Waals surface area contributed by atoms with Crippen molar-refractivity contribution >= 4 is 38.4 Å². The smallest absolute Gasteiger partial charge is 0.309 e. The fraction of sp³-hybridized carbons (Fsp3) is 0.333. The molecule has 2 aromatic carbocycles. The molecule has 0 spiro atoms. The van der Waals surface area contributed by atoms with Gasteiger partial charge in [0.1, 0.15) is 6.54 Å². The average molecular weight is 376 g/mol. The molecule has 138 valence electrons. The van der Waals surface area contributed by atoms with Crippen LogP contribution in [-0.2, 0) is 19.6 Å². The quantitative estimate of drug-likeness (QED) is 0.802. The summed E-state index contributed by atoms with van der Waals surface area (Å²) in [6, 6.07) is 10.3. The Balaban J connectivity index is 1.76.